The standard InChI is InChI=1S/C36H36ClFN4O6/c1-22-26(12-13-28(32(22)37)46-19-18-42-16-14-41(2)15-17-42)30-31-34(47-29(36(43)44)20-24-6-4-5-7-27(24)45-3)39-21-40-35(31)48-33(30)23-8-10-25(38)11-9-23/h4-13,21,29H,14-20H2,1-3H3,(H,43,44)/t29-/m1/s1. The van der Waals surface area contributed by atoms with E-state index < -0.39 is 17.9 Å². The quantitative estimate of drug-likeness (QED) is 0.160. The molecule has 6 rings (SSSR count). The summed E-state index contributed by atoms with van der Waals surface area (Å²) < 4.78 is 38.0. The number of benzene rings is 3. The van der Waals surface area contributed by atoms with E-state index in [0.717, 1.165) is 32.7 Å². The minimum atomic E-state index is -1.32. The largest absolute Gasteiger partial charge is 0.496 e. The smallest absolute Gasteiger partial charge is 0.345 e. The molecule has 3 heterocycles. The second-order valence-electron chi connectivity index (χ2n) is 11.7. The van der Waals surface area contributed by atoms with E-state index in [2.05, 4.69) is 26.8 Å². The average molecular weight is 675 g/mol. The van der Waals surface area contributed by atoms with Crippen molar-refractivity contribution in [2.45, 2.75) is 19.4 Å². The van der Waals surface area contributed by atoms with Gasteiger partial charge in [-0.15, -0.1) is 0 Å². The highest BCUT2D eigenvalue weighted by atomic mass is 35.5. The molecule has 12 heteroatoms. The Labute approximate surface area is 282 Å². The van der Waals surface area contributed by atoms with Crippen molar-refractivity contribution in [2.75, 3.05) is 53.5 Å². The monoisotopic (exact) mass is 674 g/mol. The fraction of sp³-hybridized carbons (Fsp3) is 0.306. The number of nitrogens with zero attached hydrogens (tertiary/aromatic N) is 4. The molecule has 0 unspecified atom stereocenters. The molecule has 0 aliphatic carbocycles. The number of carbonyl (C=O) groups is 1. The molecule has 0 amide bonds. The van der Waals surface area contributed by atoms with Gasteiger partial charge in [0, 0.05) is 50.3 Å². The summed E-state index contributed by atoms with van der Waals surface area (Å²) in [6.45, 7) is 7.14. The van der Waals surface area contributed by atoms with Gasteiger partial charge in [0.1, 0.15) is 41.4 Å². The van der Waals surface area contributed by atoms with E-state index in [-0.39, 0.29) is 18.0 Å². The molecule has 2 aromatic heterocycles. The van der Waals surface area contributed by atoms with Gasteiger partial charge < -0.3 is 28.6 Å². The molecule has 0 radical (unpaired) electrons. The number of piperazine rings is 1. The van der Waals surface area contributed by atoms with Gasteiger partial charge in [-0.2, -0.15) is 0 Å². The van der Waals surface area contributed by atoms with Gasteiger partial charge in [-0.25, -0.2) is 19.2 Å². The molecule has 0 spiro atoms. The highest BCUT2D eigenvalue weighted by Crippen LogP contribution is 2.47. The number of rotatable bonds is 12. The zero-order valence-electron chi connectivity index (χ0n) is 26.9. The second kappa shape index (κ2) is 14.6. The number of ether oxygens (including phenoxy) is 3. The van der Waals surface area contributed by atoms with Crippen molar-refractivity contribution >= 4 is 28.7 Å². The molecule has 1 aliphatic heterocycles. The van der Waals surface area contributed by atoms with Gasteiger partial charge in [-0.3, -0.25) is 4.90 Å². The molecule has 250 valence electrons. The Kier molecular flexibility index (Phi) is 10.1. The van der Waals surface area contributed by atoms with Crippen LogP contribution in [-0.4, -0.2) is 90.4 Å². The van der Waals surface area contributed by atoms with Crippen molar-refractivity contribution in [3.8, 4) is 39.8 Å². The van der Waals surface area contributed by atoms with Crippen molar-refractivity contribution < 1.29 is 32.9 Å². The van der Waals surface area contributed by atoms with Crippen molar-refractivity contribution in [2.24, 2.45) is 0 Å². The summed E-state index contributed by atoms with van der Waals surface area (Å²) in [5, 5.41) is 11.0. The van der Waals surface area contributed by atoms with E-state index >= 15 is 0 Å². The van der Waals surface area contributed by atoms with E-state index in [1.165, 1.54) is 25.6 Å². The number of carboxylic acid groups (broad SMARTS) is 1. The van der Waals surface area contributed by atoms with E-state index in [9.17, 15) is 14.3 Å². The lowest BCUT2D eigenvalue weighted by Gasteiger charge is -2.32. The van der Waals surface area contributed by atoms with Gasteiger partial charge in [-0.05, 0) is 67.1 Å². The van der Waals surface area contributed by atoms with Crippen LogP contribution >= 0.6 is 11.6 Å². The van der Waals surface area contributed by atoms with E-state index in [1.807, 2.05) is 13.0 Å². The van der Waals surface area contributed by atoms with Crippen LogP contribution in [0, 0.1) is 12.7 Å². The zero-order valence-corrected chi connectivity index (χ0v) is 27.7. The lowest BCUT2D eigenvalue weighted by molar-refractivity contribution is -0.145. The van der Waals surface area contributed by atoms with Crippen LogP contribution in [0.1, 0.15) is 11.1 Å². The van der Waals surface area contributed by atoms with Gasteiger partial charge in [-0.1, -0.05) is 35.9 Å². The molecule has 1 atom stereocenters. The number of likely N-dealkylation sites (N-methyl/N-ethyl adjacent to an activating group) is 1. The lowest BCUT2D eigenvalue weighted by atomic mass is 9.95. The highest BCUT2D eigenvalue weighted by Gasteiger charge is 2.29. The molecular weight excluding hydrogens is 639 g/mol. The lowest BCUT2D eigenvalue weighted by Crippen LogP contribution is -2.45. The Morgan fingerprint density at radius 2 is 1.79 bits per heavy atom. The molecule has 0 saturated carbocycles. The van der Waals surface area contributed by atoms with Crippen molar-refractivity contribution in [1.82, 2.24) is 19.8 Å². The first-order chi connectivity index (χ1) is 23.2. The number of hydrogen-bond donors (Lipinski definition) is 1. The maximum Gasteiger partial charge on any atom is 0.345 e. The zero-order chi connectivity index (χ0) is 33.8. The molecule has 1 saturated heterocycles. The van der Waals surface area contributed by atoms with E-state index in [0.29, 0.717) is 62.1 Å². The summed E-state index contributed by atoms with van der Waals surface area (Å²) in [5.41, 5.74) is 3.28. The van der Waals surface area contributed by atoms with Crippen LogP contribution in [0.15, 0.2) is 71.4 Å². The van der Waals surface area contributed by atoms with E-state index in [1.54, 1.807) is 42.5 Å². The summed E-state index contributed by atoms with van der Waals surface area (Å²) >= 11 is 6.93. The predicted octanol–water partition coefficient (Wildman–Crippen LogP) is 6.37. The molecule has 0 bridgehead atoms. The first kappa shape index (κ1) is 33.2. The molecule has 10 nitrogen and oxygen atoms in total. The molecule has 1 fully saturated rings. The Hall–Kier alpha value is -4.71. The summed E-state index contributed by atoms with van der Waals surface area (Å²) in [7, 11) is 3.64. The molecular formula is C36H36ClFN4O6. The Bertz CT molecular complexity index is 1910. The predicted molar refractivity (Wildman–Crippen MR) is 181 cm³/mol. The normalized spacial score (nSPS) is 14.6. The summed E-state index contributed by atoms with van der Waals surface area (Å²) in [6.07, 6.45) is -0.0657. The van der Waals surface area contributed by atoms with Gasteiger partial charge >= 0.3 is 5.97 Å². The number of aromatic nitrogens is 2. The van der Waals surface area contributed by atoms with Crippen LogP contribution in [0.2, 0.25) is 5.02 Å². The van der Waals surface area contributed by atoms with Gasteiger partial charge in [0.25, 0.3) is 0 Å². The van der Waals surface area contributed by atoms with Gasteiger partial charge in [0.05, 0.1) is 12.1 Å². The first-order valence-corrected chi connectivity index (χ1v) is 16.0. The third-order valence-corrected chi connectivity index (χ3v) is 9.04. The first-order valence-electron chi connectivity index (χ1n) is 15.6. The fourth-order valence-corrected chi connectivity index (χ4v) is 6.06. The van der Waals surface area contributed by atoms with E-state index in [4.69, 9.17) is 30.2 Å². The van der Waals surface area contributed by atoms with Gasteiger partial charge in [0.2, 0.25) is 17.7 Å². The summed E-state index contributed by atoms with van der Waals surface area (Å²) in [5.74, 6) is -0.128. The average Bonchev–Trinajstić information content (AvgIpc) is 3.48. The van der Waals surface area contributed by atoms with Crippen LogP contribution in [0.4, 0.5) is 4.39 Å². The minimum Gasteiger partial charge on any atom is -0.496 e. The molecule has 1 N–H and O–H groups in total. The summed E-state index contributed by atoms with van der Waals surface area (Å²) in [4.78, 5) is 25.9. The number of hydrogen-bond acceptors (Lipinski definition) is 9. The number of para-hydroxylation sites is 1. The highest BCUT2D eigenvalue weighted by molar-refractivity contribution is 6.33. The van der Waals surface area contributed by atoms with Crippen LogP contribution in [0.25, 0.3) is 33.6 Å². The third kappa shape index (κ3) is 7.08. The van der Waals surface area contributed by atoms with Crippen molar-refractivity contribution in [1.29, 1.82) is 0 Å². The number of fused-ring (bicyclic) bond motifs is 1. The van der Waals surface area contributed by atoms with Crippen LogP contribution in [-0.2, 0) is 11.2 Å². The molecule has 48 heavy (non-hydrogen) atoms. The SMILES string of the molecule is COc1ccccc1C[C@@H](Oc1ncnc2oc(-c3ccc(F)cc3)c(-c3ccc(OCCN4CCN(C)CC4)c(Cl)c3C)c12)C(=O)O. The van der Waals surface area contributed by atoms with Crippen LogP contribution in [0.5, 0.6) is 17.4 Å². The van der Waals surface area contributed by atoms with Gasteiger partial charge in [0.15, 0.2) is 0 Å². The number of furan rings is 1. The Morgan fingerprint density at radius 3 is 2.52 bits per heavy atom. The maximum atomic E-state index is 14.0. The number of aliphatic carboxylic acids is 1. The van der Waals surface area contributed by atoms with Crippen molar-refractivity contribution in [3.05, 3.63) is 89.0 Å². The Morgan fingerprint density at radius 1 is 1.04 bits per heavy atom. The molecule has 1 aliphatic rings. The molecule has 5 aromatic rings. The third-order valence-electron chi connectivity index (χ3n) is 8.57. The molecule has 3 aromatic carbocycles. The Balaban J connectivity index is 1.39. The second-order valence-corrected chi connectivity index (χ2v) is 12.1. The number of halogens is 2. The number of methoxy groups -OCH3 is 1. The topological polar surface area (TPSA) is 110 Å². The fourth-order valence-electron chi connectivity index (χ4n) is 5.84. The maximum absolute atomic E-state index is 14.0. The van der Waals surface area contributed by atoms with Crippen LogP contribution < -0.4 is 14.2 Å². The van der Waals surface area contributed by atoms with Crippen LogP contribution in [0.3, 0.4) is 0 Å². The minimum absolute atomic E-state index is 0.00781. The van der Waals surface area contributed by atoms with Crippen molar-refractivity contribution in [3.63, 3.8) is 0 Å². The number of carboxylic acids is 1. The summed E-state index contributed by atoms with van der Waals surface area (Å²) in [6, 6.07) is 16.7.